The summed E-state index contributed by atoms with van der Waals surface area (Å²) in [5, 5.41) is 0. The van der Waals surface area contributed by atoms with E-state index in [0.29, 0.717) is 11.3 Å². The number of rotatable bonds is 5. The molecule has 0 saturated heterocycles. The summed E-state index contributed by atoms with van der Waals surface area (Å²) in [6, 6.07) is 9.54. The Morgan fingerprint density at radius 1 is 1.03 bits per heavy atom. The SMILES string of the molecule is CC(C)CCSc1ccc(C2C=C3CC[C@@H]4C(=C3CC2)CC[C@@]2(C)[C@H]4CCC23CC=CO3)cc1. The van der Waals surface area contributed by atoms with Gasteiger partial charge in [0.05, 0.1) is 6.26 Å². The van der Waals surface area contributed by atoms with Crippen LogP contribution in [0.3, 0.4) is 0 Å². The summed E-state index contributed by atoms with van der Waals surface area (Å²) in [4.78, 5) is 1.43. The van der Waals surface area contributed by atoms with Crippen LogP contribution in [0.1, 0.15) is 96.5 Å². The predicted molar refractivity (Wildman–Crippen MR) is 144 cm³/mol. The van der Waals surface area contributed by atoms with Crippen molar-refractivity contribution in [3.05, 3.63) is 65.0 Å². The zero-order valence-electron chi connectivity index (χ0n) is 21.4. The van der Waals surface area contributed by atoms with E-state index in [1.54, 1.807) is 11.1 Å². The van der Waals surface area contributed by atoms with Gasteiger partial charge in [-0.05, 0) is 116 Å². The van der Waals surface area contributed by atoms with Crippen LogP contribution >= 0.6 is 11.8 Å². The molecule has 1 spiro atoms. The second kappa shape index (κ2) is 8.91. The van der Waals surface area contributed by atoms with Crippen LogP contribution in [-0.4, -0.2) is 11.4 Å². The molecule has 34 heavy (non-hydrogen) atoms. The summed E-state index contributed by atoms with van der Waals surface area (Å²) in [5.41, 5.74) is 7.33. The van der Waals surface area contributed by atoms with Crippen molar-refractivity contribution < 1.29 is 4.74 Å². The van der Waals surface area contributed by atoms with Crippen molar-refractivity contribution in [2.24, 2.45) is 23.2 Å². The van der Waals surface area contributed by atoms with Crippen molar-refractivity contribution >= 4 is 11.8 Å². The van der Waals surface area contributed by atoms with E-state index in [1.807, 2.05) is 23.6 Å². The molecule has 6 rings (SSSR count). The maximum Gasteiger partial charge on any atom is 0.117 e. The van der Waals surface area contributed by atoms with Crippen LogP contribution in [0.15, 0.2) is 64.3 Å². The Balaban J connectivity index is 1.18. The summed E-state index contributed by atoms with van der Waals surface area (Å²) in [6.45, 7) is 7.20. The van der Waals surface area contributed by atoms with Crippen molar-refractivity contribution in [3.8, 4) is 0 Å². The zero-order valence-corrected chi connectivity index (χ0v) is 22.3. The molecule has 0 N–H and O–H groups in total. The fraction of sp³-hybridized carbons (Fsp3) is 0.625. The highest BCUT2D eigenvalue weighted by Gasteiger charge is 2.62. The highest BCUT2D eigenvalue weighted by Crippen LogP contribution is 2.66. The van der Waals surface area contributed by atoms with E-state index >= 15 is 0 Å². The predicted octanol–water partition coefficient (Wildman–Crippen LogP) is 9.22. The molecule has 182 valence electrons. The quantitative estimate of drug-likeness (QED) is 0.393. The molecular weight excluding hydrogens is 432 g/mol. The number of fused-ring (bicyclic) bond motifs is 5. The van der Waals surface area contributed by atoms with Crippen molar-refractivity contribution in [3.63, 3.8) is 0 Å². The lowest BCUT2D eigenvalue weighted by Crippen LogP contribution is -2.49. The molecule has 1 heterocycles. The van der Waals surface area contributed by atoms with Crippen molar-refractivity contribution in [2.75, 3.05) is 5.75 Å². The average Bonchev–Trinajstić information content (AvgIpc) is 3.44. The number of thioether (sulfide) groups is 1. The molecule has 2 saturated carbocycles. The van der Waals surface area contributed by atoms with Gasteiger partial charge in [-0.2, -0.15) is 0 Å². The van der Waals surface area contributed by atoms with Gasteiger partial charge in [-0.1, -0.05) is 44.6 Å². The van der Waals surface area contributed by atoms with Crippen LogP contribution in [-0.2, 0) is 4.74 Å². The maximum atomic E-state index is 6.35. The number of benzene rings is 1. The van der Waals surface area contributed by atoms with Gasteiger partial charge in [0.2, 0.25) is 0 Å². The maximum absolute atomic E-state index is 6.35. The molecule has 2 unspecified atom stereocenters. The Labute approximate surface area is 211 Å². The molecule has 5 atom stereocenters. The first kappa shape index (κ1) is 23.0. The van der Waals surface area contributed by atoms with Gasteiger partial charge in [-0.15, -0.1) is 11.8 Å². The topological polar surface area (TPSA) is 9.23 Å². The van der Waals surface area contributed by atoms with Crippen LogP contribution in [0, 0.1) is 23.2 Å². The highest BCUT2D eigenvalue weighted by atomic mass is 32.2. The summed E-state index contributed by atoms with van der Waals surface area (Å²) >= 11 is 2.01. The third kappa shape index (κ3) is 3.74. The number of hydrogen-bond donors (Lipinski definition) is 0. The Kier molecular flexibility index (Phi) is 6.03. The van der Waals surface area contributed by atoms with Gasteiger partial charge in [0.15, 0.2) is 0 Å². The second-order valence-corrected chi connectivity index (χ2v) is 13.5. The number of hydrogen-bond acceptors (Lipinski definition) is 2. The van der Waals surface area contributed by atoms with Crippen molar-refractivity contribution in [1.29, 1.82) is 0 Å². The third-order valence-electron chi connectivity index (χ3n) is 10.3. The molecule has 1 aliphatic heterocycles. The van der Waals surface area contributed by atoms with E-state index in [9.17, 15) is 0 Å². The molecule has 0 aromatic heterocycles. The minimum atomic E-state index is 0.112. The van der Waals surface area contributed by atoms with Gasteiger partial charge in [0.25, 0.3) is 0 Å². The van der Waals surface area contributed by atoms with Gasteiger partial charge in [0.1, 0.15) is 5.60 Å². The number of ether oxygens (including phenoxy) is 1. The third-order valence-corrected chi connectivity index (χ3v) is 11.3. The van der Waals surface area contributed by atoms with Crippen LogP contribution < -0.4 is 0 Å². The van der Waals surface area contributed by atoms with Crippen LogP contribution in [0.4, 0.5) is 0 Å². The summed E-state index contributed by atoms with van der Waals surface area (Å²) in [5.74, 6) is 4.26. The average molecular weight is 475 g/mol. The second-order valence-electron chi connectivity index (χ2n) is 12.3. The molecule has 5 aliphatic rings. The van der Waals surface area contributed by atoms with E-state index in [2.05, 4.69) is 57.2 Å². The van der Waals surface area contributed by atoms with Crippen LogP contribution in [0.5, 0.6) is 0 Å². The van der Waals surface area contributed by atoms with E-state index in [4.69, 9.17) is 4.74 Å². The Morgan fingerprint density at radius 3 is 2.65 bits per heavy atom. The molecule has 0 amide bonds. The van der Waals surface area contributed by atoms with E-state index in [0.717, 1.165) is 24.2 Å². The van der Waals surface area contributed by atoms with E-state index < -0.39 is 0 Å². The Bertz CT molecular complexity index is 1000. The first-order valence-electron chi connectivity index (χ1n) is 14.0. The summed E-state index contributed by atoms with van der Waals surface area (Å²) in [6.07, 6.45) is 19.9. The normalized spacial score (nSPS) is 36.4. The smallest absolute Gasteiger partial charge is 0.117 e. The zero-order chi connectivity index (χ0) is 23.3. The number of allylic oxidation sites excluding steroid dienone is 4. The molecule has 1 aromatic carbocycles. The molecule has 2 fully saturated rings. The standard InChI is InChI=1S/C32H42OS/c1-22(2)15-20-34-26-9-5-23(6-10-26)24-7-11-27-25(21-24)8-12-29-28(27)13-17-31(3)30(29)14-18-32(31)16-4-19-33-32/h4-6,9-10,19,21-22,24,29-30H,7-8,11-18,20H2,1-3H3/t24?,29-,30+,31+,32?/m1/s1. The molecule has 0 radical (unpaired) electrons. The van der Waals surface area contributed by atoms with E-state index in [-0.39, 0.29) is 5.60 Å². The molecule has 2 heteroatoms. The summed E-state index contributed by atoms with van der Waals surface area (Å²) < 4.78 is 6.35. The molecule has 1 aromatic rings. The largest absolute Gasteiger partial charge is 0.494 e. The van der Waals surface area contributed by atoms with Gasteiger partial charge in [-0.3, -0.25) is 0 Å². The van der Waals surface area contributed by atoms with Gasteiger partial charge in [0, 0.05) is 22.6 Å². The lowest BCUT2D eigenvalue weighted by molar-refractivity contribution is -0.0824. The van der Waals surface area contributed by atoms with E-state index in [1.165, 1.54) is 74.0 Å². The minimum Gasteiger partial charge on any atom is -0.494 e. The van der Waals surface area contributed by atoms with Gasteiger partial charge >= 0.3 is 0 Å². The first-order chi connectivity index (χ1) is 16.5. The van der Waals surface area contributed by atoms with Gasteiger partial charge in [-0.25, -0.2) is 0 Å². The molecule has 1 nitrogen and oxygen atoms in total. The monoisotopic (exact) mass is 474 g/mol. The highest BCUT2D eigenvalue weighted by molar-refractivity contribution is 7.99. The van der Waals surface area contributed by atoms with Crippen LogP contribution in [0.2, 0.25) is 0 Å². The summed E-state index contributed by atoms with van der Waals surface area (Å²) in [7, 11) is 0. The van der Waals surface area contributed by atoms with Crippen molar-refractivity contribution in [2.45, 2.75) is 101 Å². The fourth-order valence-corrected chi connectivity index (χ4v) is 9.39. The fourth-order valence-electron chi connectivity index (χ4n) is 8.24. The molecule has 0 bridgehead atoms. The van der Waals surface area contributed by atoms with Crippen LogP contribution in [0.25, 0.3) is 0 Å². The van der Waals surface area contributed by atoms with Gasteiger partial charge < -0.3 is 4.74 Å². The molecular formula is C32H42OS. The lowest BCUT2D eigenvalue weighted by atomic mass is 9.54. The first-order valence-corrected chi connectivity index (χ1v) is 15.0. The molecule has 4 aliphatic carbocycles. The lowest BCUT2D eigenvalue weighted by Gasteiger charge is -2.52. The minimum absolute atomic E-state index is 0.112. The van der Waals surface area contributed by atoms with Crippen molar-refractivity contribution in [1.82, 2.24) is 0 Å². The Hall–Kier alpha value is -1.41. The Morgan fingerprint density at radius 2 is 1.88 bits per heavy atom.